The lowest BCUT2D eigenvalue weighted by Gasteiger charge is -2.13. The molecule has 0 aliphatic heterocycles. The molecule has 0 amide bonds. The molecule has 0 saturated carbocycles. The molecule has 57 heavy (non-hydrogen) atoms. The van der Waals surface area contributed by atoms with Crippen LogP contribution in [-0.2, 0) is 0 Å². The SMILES string of the molecule is c1cncc(-c2ccc(-c3nc(-c4ccc(-c5ccc6oc7ccccc7c6c5)cc4)cc(-c4ccc(-c5cc6ccccc6c6ccccc56)cc4)n3)cc2)c1. The first kappa shape index (κ1) is 32.7. The number of hydrogen-bond acceptors (Lipinski definition) is 4. The molecule has 4 heteroatoms. The van der Waals surface area contributed by atoms with Crippen LogP contribution in [0.25, 0.3) is 111 Å². The molecule has 0 unspecified atom stereocenters. The van der Waals surface area contributed by atoms with E-state index in [1.54, 1.807) is 6.20 Å². The maximum Gasteiger partial charge on any atom is 0.160 e. The molecule has 0 bridgehead atoms. The Bertz CT molecular complexity index is 3260. The van der Waals surface area contributed by atoms with Gasteiger partial charge in [-0.15, -0.1) is 0 Å². The summed E-state index contributed by atoms with van der Waals surface area (Å²) in [6, 6.07) is 66.2. The van der Waals surface area contributed by atoms with Crippen LogP contribution in [-0.4, -0.2) is 15.0 Å². The number of aromatic nitrogens is 3. The Labute approximate surface area is 329 Å². The van der Waals surface area contributed by atoms with Gasteiger partial charge in [0.25, 0.3) is 0 Å². The number of benzene rings is 8. The van der Waals surface area contributed by atoms with Gasteiger partial charge in [0.2, 0.25) is 0 Å². The summed E-state index contributed by atoms with van der Waals surface area (Å²) in [6.45, 7) is 0. The third-order valence-corrected chi connectivity index (χ3v) is 11.0. The minimum Gasteiger partial charge on any atom is -0.456 e. The zero-order chi connectivity index (χ0) is 37.7. The van der Waals surface area contributed by atoms with Crippen LogP contribution in [0.3, 0.4) is 0 Å². The summed E-state index contributed by atoms with van der Waals surface area (Å²) >= 11 is 0. The molecule has 0 aliphatic carbocycles. The monoisotopic (exact) mass is 727 g/mol. The van der Waals surface area contributed by atoms with Crippen LogP contribution in [0.4, 0.5) is 0 Å². The van der Waals surface area contributed by atoms with Crippen LogP contribution in [0, 0.1) is 0 Å². The number of pyridine rings is 1. The first-order valence-electron chi connectivity index (χ1n) is 19.2. The minimum absolute atomic E-state index is 0.672. The molecule has 11 aromatic rings. The highest BCUT2D eigenvalue weighted by molar-refractivity contribution is 6.13. The topological polar surface area (TPSA) is 51.8 Å². The molecule has 4 nitrogen and oxygen atoms in total. The van der Waals surface area contributed by atoms with E-state index in [1.807, 2.05) is 24.4 Å². The average molecular weight is 728 g/mol. The van der Waals surface area contributed by atoms with Crippen molar-refractivity contribution < 1.29 is 4.42 Å². The lowest BCUT2D eigenvalue weighted by atomic mass is 9.92. The van der Waals surface area contributed by atoms with Crippen LogP contribution in [0.15, 0.2) is 205 Å². The lowest BCUT2D eigenvalue weighted by Crippen LogP contribution is -1.96. The predicted molar refractivity (Wildman–Crippen MR) is 235 cm³/mol. The second kappa shape index (κ2) is 13.6. The van der Waals surface area contributed by atoms with Gasteiger partial charge in [-0.2, -0.15) is 0 Å². The highest BCUT2D eigenvalue weighted by Gasteiger charge is 2.14. The maximum atomic E-state index is 6.09. The van der Waals surface area contributed by atoms with Gasteiger partial charge in [0.1, 0.15) is 11.2 Å². The molecule has 0 saturated heterocycles. The standard InChI is InChI=1S/C53H33N3O/c1-2-10-43-41(8-1)31-47(45-12-4-3-11-44(43)45)36-19-23-38(24-20-36)50-32-49(55-53(56-50)39-25-17-35(18-26-39)42-9-7-29-54-33-42)37-21-15-34(16-22-37)40-27-28-52-48(30-40)46-13-5-6-14-51(46)57-52/h1-33H. The molecular weight excluding hydrogens is 695 g/mol. The van der Waals surface area contributed by atoms with Gasteiger partial charge in [-0.05, 0) is 91.3 Å². The largest absolute Gasteiger partial charge is 0.456 e. The summed E-state index contributed by atoms with van der Waals surface area (Å²) in [5.41, 5.74) is 13.3. The van der Waals surface area contributed by atoms with Gasteiger partial charge in [0.05, 0.1) is 11.4 Å². The number of nitrogens with zero attached hydrogens (tertiary/aromatic N) is 3. The van der Waals surface area contributed by atoms with Crippen molar-refractivity contribution in [3.8, 4) is 67.3 Å². The van der Waals surface area contributed by atoms with Crippen LogP contribution in [0.5, 0.6) is 0 Å². The quantitative estimate of drug-likeness (QED) is 0.160. The fourth-order valence-electron chi connectivity index (χ4n) is 8.07. The number of furan rings is 1. The van der Waals surface area contributed by atoms with Gasteiger partial charge in [-0.3, -0.25) is 4.98 Å². The summed E-state index contributed by atoms with van der Waals surface area (Å²) in [5, 5.41) is 7.24. The van der Waals surface area contributed by atoms with E-state index < -0.39 is 0 Å². The lowest BCUT2D eigenvalue weighted by molar-refractivity contribution is 0.669. The third-order valence-electron chi connectivity index (χ3n) is 11.0. The summed E-state index contributed by atoms with van der Waals surface area (Å²) in [5.74, 6) is 0.672. The van der Waals surface area contributed by atoms with Gasteiger partial charge in [-0.25, -0.2) is 9.97 Å². The van der Waals surface area contributed by atoms with Crippen molar-refractivity contribution in [1.29, 1.82) is 0 Å². The van der Waals surface area contributed by atoms with Gasteiger partial charge >= 0.3 is 0 Å². The Morgan fingerprint density at radius 3 is 1.61 bits per heavy atom. The molecule has 0 aliphatic rings. The smallest absolute Gasteiger partial charge is 0.160 e. The van der Waals surface area contributed by atoms with Gasteiger partial charge in [0, 0.05) is 39.9 Å². The molecular formula is C53H33N3O. The zero-order valence-electron chi connectivity index (χ0n) is 30.8. The fourth-order valence-corrected chi connectivity index (χ4v) is 8.07. The summed E-state index contributed by atoms with van der Waals surface area (Å²) in [4.78, 5) is 14.6. The van der Waals surface area contributed by atoms with Crippen molar-refractivity contribution in [2.24, 2.45) is 0 Å². The molecule has 0 atom stereocenters. The Kier molecular flexibility index (Phi) is 7.78. The Morgan fingerprint density at radius 1 is 0.333 bits per heavy atom. The Hall–Kier alpha value is -7.69. The highest BCUT2D eigenvalue weighted by atomic mass is 16.3. The minimum atomic E-state index is 0.672. The van der Waals surface area contributed by atoms with Gasteiger partial charge < -0.3 is 4.42 Å². The average Bonchev–Trinajstić information content (AvgIpc) is 3.67. The fraction of sp³-hybridized carbons (Fsp3) is 0. The predicted octanol–water partition coefficient (Wildman–Crippen LogP) is 14.1. The Balaban J connectivity index is 0.988. The number of fused-ring (bicyclic) bond motifs is 6. The third kappa shape index (κ3) is 5.92. The van der Waals surface area contributed by atoms with E-state index in [-0.39, 0.29) is 0 Å². The molecule has 3 aromatic heterocycles. The zero-order valence-corrected chi connectivity index (χ0v) is 30.8. The first-order valence-corrected chi connectivity index (χ1v) is 19.2. The van der Waals surface area contributed by atoms with E-state index >= 15 is 0 Å². The molecule has 266 valence electrons. The number of para-hydroxylation sites is 1. The van der Waals surface area contributed by atoms with Crippen molar-refractivity contribution in [3.05, 3.63) is 200 Å². The molecule has 0 radical (unpaired) electrons. The molecule has 0 spiro atoms. The van der Waals surface area contributed by atoms with Gasteiger partial charge in [0.15, 0.2) is 5.82 Å². The summed E-state index contributed by atoms with van der Waals surface area (Å²) in [7, 11) is 0. The van der Waals surface area contributed by atoms with E-state index in [1.165, 1.54) is 32.7 Å². The number of rotatable bonds is 6. The van der Waals surface area contributed by atoms with Crippen molar-refractivity contribution in [3.63, 3.8) is 0 Å². The van der Waals surface area contributed by atoms with Crippen molar-refractivity contribution in [2.75, 3.05) is 0 Å². The summed E-state index contributed by atoms with van der Waals surface area (Å²) < 4.78 is 6.09. The highest BCUT2D eigenvalue weighted by Crippen LogP contribution is 2.37. The van der Waals surface area contributed by atoms with Crippen LogP contribution in [0.1, 0.15) is 0 Å². The molecule has 8 aromatic carbocycles. The second-order valence-corrected chi connectivity index (χ2v) is 14.4. The first-order chi connectivity index (χ1) is 28.2. The molecule has 3 heterocycles. The molecule has 0 N–H and O–H groups in total. The van der Waals surface area contributed by atoms with Crippen LogP contribution < -0.4 is 0 Å². The van der Waals surface area contributed by atoms with Gasteiger partial charge in [-0.1, -0.05) is 152 Å². The maximum absolute atomic E-state index is 6.09. The second-order valence-electron chi connectivity index (χ2n) is 14.4. The van der Waals surface area contributed by atoms with E-state index in [9.17, 15) is 0 Å². The Morgan fingerprint density at radius 2 is 0.895 bits per heavy atom. The van der Waals surface area contributed by atoms with E-state index in [0.29, 0.717) is 5.82 Å². The van der Waals surface area contributed by atoms with Crippen molar-refractivity contribution >= 4 is 43.5 Å². The van der Waals surface area contributed by atoms with Crippen LogP contribution >= 0.6 is 0 Å². The van der Waals surface area contributed by atoms with E-state index in [0.717, 1.165) is 72.3 Å². The van der Waals surface area contributed by atoms with E-state index in [2.05, 4.69) is 175 Å². The normalized spacial score (nSPS) is 11.5. The van der Waals surface area contributed by atoms with Crippen LogP contribution in [0.2, 0.25) is 0 Å². The molecule has 0 fully saturated rings. The summed E-state index contributed by atoms with van der Waals surface area (Å²) in [6.07, 6.45) is 3.68. The van der Waals surface area contributed by atoms with Crippen molar-refractivity contribution in [2.45, 2.75) is 0 Å². The molecule has 11 rings (SSSR count). The van der Waals surface area contributed by atoms with E-state index in [4.69, 9.17) is 14.4 Å². The number of hydrogen-bond donors (Lipinski definition) is 0. The van der Waals surface area contributed by atoms with Crippen molar-refractivity contribution in [1.82, 2.24) is 15.0 Å².